The van der Waals surface area contributed by atoms with E-state index < -0.39 is 0 Å². The predicted octanol–water partition coefficient (Wildman–Crippen LogP) is 13.2. The largest absolute Gasteiger partial charge is 0.298 e. The smallest absolute Gasteiger partial charge is 0.150 e. The van der Waals surface area contributed by atoms with Crippen molar-refractivity contribution >= 4 is 85.3 Å². The van der Waals surface area contributed by atoms with E-state index in [9.17, 15) is 24.0 Å². The van der Waals surface area contributed by atoms with Gasteiger partial charge in [0.25, 0.3) is 0 Å². The Labute approximate surface area is 343 Å². The molecule has 0 aliphatic carbocycles. The molecule has 0 spiro atoms. The van der Waals surface area contributed by atoms with Gasteiger partial charge in [0.05, 0.1) is 0 Å². The molecular formula is C55H30O5. The molecule has 11 aromatic rings. The third kappa shape index (κ3) is 5.16. The molecule has 0 atom stereocenters. The summed E-state index contributed by atoms with van der Waals surface area (Å²) in [6.07, 6.45) is 4.26. The first-order valence-corrected chi connectivity index (χ1v) is 19.6. The van der Waals surface area contributed by atoms with Crippen LogP contribution < -0.4 is 0 Å². The van der Waals surface area contributed by atoms with Crippen molar-refractivity contribution in [3.05, 3.63) is 179 Å². The highest BCUT2D eigenvalue weighted by Crippen LogP contribution is 2.57. The molecule has 0 bridgehead atoms. The van der Waals surface area contributed by atoms with Crippen LogP contribution in [0.4, 0.5) is 0 Å². The molecule has 0 aliphatic rings. The van der Waals surface area contributed by atoms with Crippen molar-refractivity contribution in [1.82, 2.24) is 0 Å². The molecule has 0 saturated carbocycles. The Kier molecular flexibility index (Phi) is 7.87. The summed E-state index contributed by atoms with van der Waals surface area (Å²) in [5, 5.41) is 10.9. The van der Waals surface area contributed by atoms with Gasteiger partial charge in [-0.15, -0.1) is 0 Å². The molecule has 0 fully saturated rings. The zero-order chi connectivity index (χ0) is 40.6. The van der Waals surface area contributed by atoms with Crippen LogP contribution in [0.2, 0.25) is 0 Å². The highest BCUT2D eigenvalue weighted by molar-refractivity contribution is 6.49. The molecular weight excluding hydrogens is 741 g/mol. The Balaban J connectivity index is 1.39. The van der Waals surface area contributed by atoms with E-state index in [1.54, 1.807) is 0 Å². The predicted molar refractivity (Wildman–Crippen MR) is 242 cm³/mol. The quantitative estimate of drug-likeness (QED) is 0.102. The second-order valence-electron chi connectivity index (χ2n) is 15.4. The highest BCUT2D eigenvalue weighted by Gasteiger charge is 2.29. The minimum atomic E-state index is 0.587. The fraction of sp³-hybridized carbons (Fsp3) is 0. The van der Waals surface area contributed by atoms with Crippen LogP contribution in [0.15, 0.2) is 152 Å². The van der Waals surface area contributed by atoms with Crippen LogP contribution in [0.3, 0.4) is 0 Å². The van der Waals surface area contributed by atoms with Gasteiger partial charge >= 0.3 is 0 Å². The van der Waals surface area contributed by atoms with Gasteiger partial charge in [-0.05, 0) is 140 Å². The first-order chi connectivity index (χ1) is 29.5. The second-order valence-corrected chi connectivity index (χ2v) is 15.4. The van der Waals surface area contributed by atoms with Crippen LogP contribution in [0.5, 0.6) is 0 Å². The molecule has 11 rings (SSSR count). The molecule has 0 aromatic heterocycles. The Hall–Kier alpha value is -8.15. The minimum absolute atomic E-state index is 0.587. The van der Waals surface area contributed by atoms with Crippen LogP contribution in [0.1, 0.15) is 51.8 Å². The summed E-state index contributed by atoms with van der Waals surface area (Å²) < 4.78 is 0. The maximum Gasteiger partial charge on any atom is 0.150 e. The van der Waals surface area contributed by atoms with E-state index in [0.717, 1.165) is 141 Å². The van der Waals surface area contributed by atoms with Gasteiger partial charge in [-0.1, -0.05) is 121 Å². The zero-order valence-electron chi connectivity index (χ0n) is 31.9. The second kappa shape index (κ2) is 13.5. The minimum Gasteiger partial charge on any atom is -0.298 e. The molecule has 0 unspecified atom stereocenters. The fourth-order valence-electron chi connectivity index (χ4n) is 9.41. The molecule has 0 N–H and O–H groups in total. The number of hydrogen-bond acceptors (Lipinski definition) is 5. The molecule has 0 heterocycles. The van der Waals surface area contributed by atoms with Crippen molar-refractivity contribution in [1.29, 1.82) is 0 Å². The van der Waals surface area contributed by atoms with Gasteiger partial charge in [-0.3, -0.25) is 24.0 Å². The number of rotatable bonds is 10. The van der Waals surface area contributed by atoms with Crippen molar-refractivity contribution in [3.8, 4) is 55.6 Å². The van der Waals surface area contributed by atoms with Crippen molar-refractivity contribution in [2.75, 3.05) is 0 Å². The Morgan fingerprint density at radius 1 is 0.217 bits per heavy atom. The molecule has 280 valence electrons. The normalized spacial score (nSPS) is 11.7. The van der Waals surface area contributed by atoms with E-state index in [0.29, 0.717) is 27.8 Å². The SMILES string of the molecule is O=Cc1ccc(-c2cc3c(-c4ccc(C=O)cc4)cc4c(-c5ccc(C=O)cc5)cc5c(-c6ccc(C=O)cc6)cc6c(-c7ccc(C=O)cc7)cc2c2c6c5c4c32)cc1. The summed E-state index contributed by atoms with van der Waals surface area (Å²) in [5.41, 5.74) is 12.8. The van der Waals surface area contributed by atoms with Gasteiger partial charge < -0.3 is 0 Å². The number of benzene rings is 10. The monoisotopic (exact) mass is 770 g/mol. The first kappa shape index (κ1) is 35.0. The standard InChI is InChI=1S/C55H30O5/c56-26-31-1-11-36(12-2-31)41-21-47-43(38-15-5-33(28-58)6-16-38)23-49-45(40-19-9-35(30-60)10-20-40)25-50-44(39-17-7-34(29-59)8-18-39)24-48-42(37-13-3-32(27-57)4-14-37)22-46(41)51-52(47)54(49)55(50)53(48)51/h1-30H. The topological polar surface area (TPSA) is 85.3 Å². The van der Waals surface area contributed by atoms with Crippen LogP contribution in [0, 0.1) is 0 Å². The number of carbonyl (C=O) groups excluding carboxylic acids is 5. The first-order valence-electron chi connectivity index (χ1n) is 19.6. The van der Waals surface area contributed by atoms with Gasteiger partial charge in [-0.25, -0.2) is 0 Å². The lowest BCUT2D eigenvalue weighted by atomic mass is 9.85. The number of carbonyl (C=O) groups is 5. The van der Waals surface area contributed by atoms with Gasteiger partial charge in [0.2, 0.25) is 0 Å². The maximum absolute atomic E-state index is 11.8. The zero-order valence-corrected chi connectivity index (χ0v) is 31.9. The van der Waals surface area contributed by atoms with Crippen LogP contribution in [-0.4, -0.2) is 31.4 Å². The van der Waals surface area contributed by atoms with Crippen LogP contribution in [-0.2, 0) is 0 Å². The summed E-state index contributed by atoms with van der Waals surface area (Å²) in [6, 6.07) is 49.8. The Morgan fingerprint density at radius 3 is 0.500 bits per heavy atom. The molecule has 0 radical (unpaired) electrons. The Bertz CT molecular complexity index is 2930. The van der Waals surface area contributed by atoms with Crippen molar-refractivity contribution < 1.29 is 24.0 Å². The van der Waals surface area contributed by atoms with Crippen molar-refractivity contribution in [2.45, 2.75) is 0 Å². The van der Waals surface area contributed by atoms with Crippen molar-refractivity contribution in [2.24, 2.45) is 0 Å². The Morgan fingerprint density at radius 2 is 0.367 bits per heavy atom. The third-order valence-electron chi connectivity index (χ3n) is 12.3. The fourth-order valence-corrected chi connectivity index (χ4v) is 9.41. The van der Waals surface area contributed by atoms with Gasteiger partial charge in [0.15, 0.2) is 0 Å². The summed E-state index contributed by atoms with van der Waals surface area (Å²) >= 11 is 0. The highest BCUT2D eigenvalue weighted by atomic mass is 16.1. The molecule has 60 heavy (non-hydrogen) atoms. The number of hydrogen-bond donors (Lipinski definition) is 0. The van der Waals surface area contributed by atoms with Gasteiger partial charge in [0, 0.05) is 27.8 Å². The molecule has 0 saturated heterocycles. The van der Waals surface area contributed by atoms with E-state index in [1.807, 2.05) is 121 Å². The van der Waals surface area contributed by atoms with E-state index in [2.05, 4.69) is 30.3 Å². The average Bonchev–Trinajstić information content (AvgIpc) is 3.69. The van der Waals surface area contributed by atoms with E-state index >= 15 is 0 Å². The lowest BCUT2D eigenvalue weighted by molar-refractivity contribution is 0.111. The van der Waals surface area contributed by atoms with E-state index in [1.165, 1.54) is 0 Å². The number of aldehydes is 5. The van der Waals surface area contributed by atoms with E-state index in [-0.39, 0.29) is 0 Å². The maximum atomic E-state index is 11.8. The lowest BCUT2D eigenvalue weighted by Crippen LogP contribution is -1.91. The van der Waals surface area contributed by atoms with Crippen LogP contribution in [0.25, 0.3) is 109 Å². The molecule has 0 amide bonds. The van der Waals surface area contributed by atoms with Gasteiger partial charge in [0.1, 0.15) is 31.4 Å². The van der Waals surface area contributed by atoms with Gasteiger partial charge in [-0.2, -0.15) is 0 Å². The van der Waals surface area contributed by atoms with E-state index in [4.69, 9.17) is 0 Å². The third-order valence-corrected chi connectivity index (χ3v) is 12.3. The molecule has 5 nitrogen and oxygen atoms in total. The summed E-state index contributed by atoms with van der Waals surface area (Å²) in [6.45, 7) is 0. The van der Waals surface area contributed by atoms with Crippen molar-refractivity contribution in [3.63, 3.8) is 0 Å². The van der Waals surface area contributed by atoms with Crippen LogP contribution >= 0.6 is 0 Å². The summed E-state index contributed by atoms with van der Waals surface area (Å²) in [4.78, 5) is 59.0. The molecule has 0 aliphatic heterocycles. The molecule has 5 heteroatoms. The molecule has 11 aromatic carbocycles. The average molecular weight is 771 g/mol. The summed E-state index contributed by atoms with van der Waals surface area (Å²) in [7, 11) is 0. The lowest BCUT2D eigenvalue weighted by Gasteiger charge is -2.17. The summed E-state index contributed by atoms with van der Waals surface area (Å²) in [5.74, 6) is 0.